The highest BCUT2D eigenvalue weighted by Crippen LogP contribution is 2.41. The SMILES string of the molecule is O=C(NCc1cccc(F)c1)c1ccc(COc2ccc3c(c2)[C@H](c2ccc(F)cc2)N(C(=O)C2CC2)CC3)o1. The zero-order valence-electron chi connectivity index (χ0n) is 21.7. The zero-order chi connectivity index (χ0) is 27.6. The second-order valence-electron chi connectivity index (χ2n) is 10.2. The van der Waals surface area contributed by atoms with Gasteiger partial charge in [0.15, 0.2) is 5.76 Å². The van der Waals surface area contributed by atoms with Crippen LogP contribution in [0, 0.1) is 17.6 Å². The lowest BCUT2D eigenvalue weighted by molar-refractivity contribution is -0.134. The minimum atomic E-state index is -0.410. The van der Waals surface area contributed by atoms with Gasteiger partial charge in [0.25, 0.3) is 5.91 Å². The predicted molar refractivity (Wildman–Crippen MR) is 143 cm³/mol. The van der Waals surface area contributed by atoms with Crippen molar-refractivity contribution in [3.63, 3.8) is 0 Å². The van der Waals surface area contributed by atoms with Crippen LogP contribution in [0.5, 0.6) is 5.75 Å². The van der Waals surface area contributed by atoms with Crippen molar-refractivity contribution < 1.29 is 27.5 Å². The summed E-state index contributed by atoms with van der Waals surface area (Å²) in [6.45, 7) is 0.886. The number of halogens is 2. The molecule has 6 rings (SSSR count). The van der Waals surface area contributed by atoms with Gasteiger partial charge in [-0.25, -0.2) is 8.78 Å². The third-order valence-corrected chi connectivity index (χ3v) is 7.35. The molecule has 0 saturated heterocycles. The van der Waals surface area contributed by atoms with Gasteiger partial charge in [0.05, 0.1) is 6.04 Å². The van der Waals surface area contributed by atoms with Crippen molar-refractivity contribution in [2.75, 3.05) is 6.54 Å². The van der Waals surface area contributed by atoms with E-state index in [1.54, 1.807) is 36.4 Å². The maximum atomic E-state index is 13.7. The van der Waals surface area contributed by atoms with E-state index in [9.17, 15) is 18.4 Å². The molecule has 8 heteroatoms. The summed E-state index contributed by atoms with van der Waals surface area (Å²) in [6, 6.07) is 21.1. The molecule has 1 aromatic heterocycles. The molecule has 2 heterocycles. The van der Waals surface area contributed by atoms with E-state index in [1.807, 2.05) is 23.1 Å². The van der Waals surface area contributed by atoms with Gasteiger partial charge in [-0.15, -0.1) is 0 Å². The normalized spacial score (nSPS) is 16.4. The van der Waals surface area contributed by atoms with E-state index in [0.29, 0.717) is 23.6 Å². The molecule has 204 valence electrons. The molecule has 1 aliphatic carbocycles. The Kier molecular flexibility index (Phi) is 7.07. The molecule has 6 nitrogen and oxygen atoms in total. The standard InChI is InChI=1S/C32H28F2N2O4/c33-24-9-6-22(7-10-24)30-28-17-26(11-8-21(28)14-15-36(30)32(38)23-4-5-23)39-19-27-12-13-29(40-27)31(37)35-18-20-2-1-3-25(34)16-20/h1-3,6-13,16-17,23,30H,4-5,14-15,18-19H2,(H,35,37)/t30-/m0/s1. The number of hydrogen-bond acceptors (Lipinski definition) is 4. The maximum Gasteiger partial charge on any atom is 0.287 e. The second-order valence-corrected chi connectivity index (χ2v) is 10.2. The number of ether oxygens (including phenoxy) is 1. The molecule has 3 aromatic carbocycles. The summed E-state index contributed by atoms with van der Waals surface area (Å²) in [5.74, 6) is 0.315. The van der Waals surface area contributed by atoms with Gasteiger partial charge >= 0.3 is 0 Å². The van der Waals surface area contributed by atoms with Gasteiger partial charge in [-0.3, -0.25) is 9.59 Å². The molecule has 4 aromatic rings. The topological polar surface area (TPSA) is 71.8 Å². The van der Waals surface area contributed by atoms with Gasteiger partial charge in [-0.2, -0.15) is 0 Å². The lowest BCUT2D eigenvalue weighted by atomic mass is 9.87. The van der Waals surface area contributed by atoms with Gasteiger partial charge < -0.3 is 19.4 Å². The number of fused-ring (bicyclic) bond motifs is 1. The molecule has 40 heavy (non-hydrogen) atoms. The van der Waals surface area contributed by atoms with Gasteiger partial charge in [0.2, 0.25) is 5.91 Å². The lowest BCUT2D eigenvalue weighted by Crippen LogP contribution is -2.41. The highest BCUT2D eigenvalue weighted by atomic mass is 19.1. The van der Waals surface area contributed by atoms with E-state index in [0.717, 1.165) is 36.0 Å². The van der Waals surface area contributed by atoms with Crippen LogP contribution < -0.4 is 10.1 Å². The van der Waals surface area contributed by atoms with Crippen LogP contribution in [-0.2, 0) is 24.4 Å². The Hall–Kier alpha value is -4.46. The third kappa shape index (κ3) is 5.61. The molecule has 0 radical (unpaired) electrons. The van der Waals surface area contributed by atoms with Crippen molar-refractivity contribution in [1.82, 2.24) is 10.2 Å². The average Bonchev–Trinajstić information content (AvgIpc) is 3.71. The van der Waals surface area contributed by atoms with Crippen LogP contribution >= 0.6 is 0 Å². The van der Waals surface area contributed by atoms with Crippen molar-refractivity contribution in [1.29, 1.82) is 0 Å². The molecular weight excluding hydrogens is 514 g/mol. The van der Waals surface area contributed by atoms with E-state index >= 15 is 0 Å². The summed E-state index contributed by atoms with van der Waals surface area (Å²) < 4.78 is 38.8. The molecular formula is C32H28F2N2O4. The fourth-order valence-electron chi connectivity index (χ4n) is 5.14. The Balaban J connectivity index is 1.16. The van der Waals surface area contributed by atoms with Crippen molar-refractivity contribution >= 4 is 11.8 Å². The van der Waals surface area contributed by atoms with Crippen LogP contribution in [-0.4, -0.2) is 23.3 Å². The Bertz CT molecular complexity index is 1540. The van der Waals surface area contributed by atoms with Crippen LogP contribution in [0.4, 0.5) is 8.78 Å². The molecule has 0 bridgehead atoms. The van der Waals surface area contributed by atoms with Crippen molar-refractivity contribution in [3.8, 4) is 5.75 Å². The van der Waals surface area contributed by atoms with Gasteiger partial charge in [0.1, 0.15) is 29.8 Å². The minimum Gasteiger partial charge on any atom is -0.486 e. The van der Waals surface area contributed by atoms with Crippen LogP contribution in [0.1, 0.15) is 57.5 Å². The fourth-order valence-corrected chi connectivity index (χ4v) is 5.14. The average molecular weight is 543 g/mol. The first kappa shape index (κ1) is 25.8. The molecule has 0 unspecified atom stereocenters. The van der Waals surface area contributed by atoms with Crippen molar-refractivity contribution in [2.45, 2.75) is 38.5 Å². The van der Waals surface area contributed by atoms with Crippen molar-refractivity contribution in [3.05, 3.63) is 124 Å². The number of furan rings is 1. The van der Waals surface area contributed by atoms with Crippen LogP contribution in [0.3, 0.4) is 0 Å². The highest BCUT2D eigenvalue weighted by molar-refractivity contribution is 5.91. The first-order valence-corrected chi connectivity index (χ1v) is 13.4. The van der Waals surface area contributed by atoms with E-state index in [4.69, 9.17) is 9.15 Å². The number of rotatable bonds is 8. The summed E-state index contributed by atoms with van der Waals surface area (Å²) in [6.07, 6.45) is 2.56. The number of carbonyl (C=O) groups excluding carboxylic acids is 2. The third-order valence-electron chi connectivity index (χ3n) is 7.35. The second kappa shape index (κ2) is 11.0. The van der Waals surface area contributed by atoms with E-state index in [1.165, 1.54) is 24.3 Å². The summed E-state index contributed by atoms with van der Waals surface area (Å²) in [7, 11) is 0. The van der Waals surface area contributed by atoms with Gasteiger partial charge in [-0.1, -0.05) is 30.3 Å². The number of benzene rings is 3. The number of hydrogen-bond donors (Lipinski definition) is 1. The Morgan fingerprint density at radius 2 is 1.77 bits per heavy atom. The van der Waals surface area contributed by atoms with Crippen LogP contribution in [0.25, 0.3) is 0 Å². The summed E-state index contributed by atoms with van der Waals surface area (Å²) in [5.41, 5.74) is 3.58. The Morgan fingerprint density at radius 3 is 2.55 bits per heavy atom. The molecule has 1 saturated carbocycles. The molecule has 1 N–H and O–H groups in total. The highest BCUT2D eigenvalue weighted by Gasteiger charge is 2.39. The summed E-state index contributed by atoms with van der Waals surface area (Å²) >= 11 is 0. The fraction of sp³-hybridized carbons (Fsp3) is 0.250. The Morgan fingerprint density at radius 1 is 0.950 bits per heavy atom. The lowest BCUT2D eigenvalue weighted by Gasteiger charge is -2.38. The smallest absolute Gasteiger partial charge is 0.287 e. The number of amides is 2. The van der Waals surface area contributed by atoms with Crippen LogP contribution in [0.2, 0.25) is 0 Å². The largest absolute Gasteiger partial charge is 0.486 e. The minimum absolute atomic E-state index is 0.0724. The van der Waals surface area contributed by atoms with Gasteiger partial charge in [-0.05, 0) is 90.0 Å². The molecule has 2 amide bonds. The predicted octanol–water partition coefficient (Wildman–Crippen LogP) is 5.95. The summed E-state index contributed by atoms with van der Waals surface area (Å²) in [4.78, 5) is 27.6. The maximum absolute atomic E-state index is 13.7. The zero-order valence-corrected chi connectivity index (χ0v) is 21.7. The van der Waals surface area contributed by atoms with E-state index in [-0.39, 0.29) is 48.4 Å². The molecule has 0 spiro atoms. The molecule has 1 atom stereocenters. The first-order valence-electron chi connectivity index (χ1n) is 13.4. The van der Waals surface area contributed by atoms with E-state index in [2.05, 4.69) is 5.32 Å². The Labute approximate surface area is 230 Å². The number of nitrogens with one attached hydrogen (secondary N) is 1. The molecule has 1 aliphatic heterocycles. The number of nitrogens with zero attached hydrogens (tertiary/aromatic N) is 1. The monoisotopic (exact) mass is 542 g/mol. The van der Waals surface area contributed by atoms with Crippen LogP contribution in [0.15, 0.2) is 83.3 Å². The first-order chi connectivity index (χ1) is 19.4. The summed E-state index contributed by atoms with van der Waals surface area (Å²) in [5, 5.41) is 2.72. The van der Waals surface area contributed by atoms with E-state index < -0.39 is 5.91 Å². The molecule has 1 fully saturated rings. The van der Waals surface area contributed by atoms with Crippen molar-refractivity contribution in [2.24, 2.45) is 5.92 Å². The quantitative estimate of drug-likeness (QED) is 0.299. The molecule has 2 aliphatic rings. The number of carbonyl (C=O) groups is 2. The van der Waals surface area contributed by atoms with Gasteiger partial charge in [0, 0.05) is 19.0 Å².